The van der Waals surface area contributed by atoms with Gasteiger partial charge in [0.05, 0.1) is 17.4 Å². The van der Waals surface area contributed by atoms with Gasteiger partial charge in [0.25, 0.3) is 0 Å². The third-order valence-corrected chi connectivity index (χ3v) is 5.32. The van der Waals surface area contributed by atoms with Gasteiger partial charge in [0.1, 0.15) is 5.58 Å². The van der Waals surface area contributed by atoms with Crippen LogP contribution in [0.5, 0.6) is 0 Å². The maximum Gasteiger partial charge on any atom is 0.305 e. The fourth-order valence-electron chi connectivity index (χ4n) is 2.38. The molecule has 2 amide bonds. The summed E-state index contributed by atoms with van der Waals surface area (Å²) in [5.74, 6) is -1.83. The summed E-state index contributed by atoms with van der Waals surface area (Å²) < 4.78 is 28.0. The Morgan fingerprint density at radius 1 is 1.18 bits per heavy atom. The van der Waals surface area contributed by atoms with Crippen molar-refractivity contribution in [2.24, 2.45) is 5.92 Å². The van der Waals surface area contributed by atoms with Gasteiger partial charge < -0.3 is 4.42 Å². The number of hydrogen-bond donors (Lipinski definition) is 2. The Labute approximate surface area is 126 Å². The minimum Gasteiger partial charge on any atom is -0.451 e. The molecule has 2 N–H and O–H groups in total. The molecule has 0 radical (unpaired) electrons. The zero-order chi connectivity index (χ0) is 15.7. The second-order valence-corrected chi connectivity index (χ2v) is 7.42. The molecule has 1 atom stereocenters. The number of para-hydroxylation sites is 1. The van der Waals surface area contributed by atoms with Crippen molar-refractivity contribution in [3.63, 3.8) is 0 Å². The molecule has 1 aliphatic rings. The topological polar surface area (TPSA) is 105 Å². The van der Waals surface area contributed by atoms with Gasteiger partial charge in [-0.05, 0) is 18.6 Å². The largest absolute Gasteiger partial charge is 0.451 e. The lowest BCUT2D eigenvalue weighted by atomic mass is 10.1. The van der Waals surface area contributed by atoms with Crippen LogP contribution in [-0.4, -0.2) is 31.7 Å². The highest BCUT2D eigenvalue weighted by molar-refractivity contribution is 7.91. The first-order chi connectivity index (χ1) is 10.4. The van der Waals surface area contributed by atoms with Crippen molar-refractivity contribution in [2.45, 2.75) is 6.42 Å². The van der Waals surface area contributed by atoms with Gasteiger partial charge in [-0.25, -0.2) is 8.42 Å². The molecular weight excluding hydrogens is 308 g/mol. The van der Waals surface area contributed by atoms with Gasteiger partial charge in [-0.1, -0.05) is 18.2 Å². The Morgan fingerprint density at radius 2 is 1.95 bits per heavy atom. The van der Waals surface area contributed by atoms with Crippen molar-refractivity contribution in [3.8, 4) is 0 Å². The number of amides is 2. The zero-order valence-electron chi connectivity index (χ0n) is 11.5. The highest BCUT2D eigenvalue weighted by Gasteiger charge is 2.33. The quantitative estimate of drug-likeness (QED) is 0.789. The third-order valence-electron chi connectivity index (χ3n) is 3.55. The molecule has 8 heteroatoms. The smallest absolute Gasteiger partial charge is 0.305 e. The third kappa shape index (κ3) is 2.96. The van der Waals surface area contributed by atoms with Crippen molar-refractivity contribution < 1.29 is 22.4 Å². The van der Waals surface area contributed by atoms with Crippen molar-refractivity contribution >= 4 is 32.6 Å². The van der Waals surface area contributed by atoms with E-state index in [0.717, 1.165) is 5.39 Å². The normalized spacial score (nSPS) is 19.9. The summed E-state index contributed by atoms with van der Waals surface area (Å²) in [4.78, 5) is 23.7. The highest BCUT2D eigenvalue weighted by Crippen LogP contribution is 2.19. The summed E-state index contributed by atoms with van der Waals surface area (Å²) in [5.41, 5.74) is 5.05. The molecule has 116 valence electrons. The predicted molar refractivity (Wildman–Crippen MR) is 78.6 cm³/mol. The van der Waals surface area contributed by atoms with Crippen molar-refractivity contribution in [1.29, 1.82) is 0 Å². The first-order valence-electron chi connectivity index (χ1n) is 6.74. The first kappa shape index (κ1) is 14.6. The monoisotopic (exact) mass is 322 g/mol. The van der Waals surface area contributed by atoms with Crippen LogP contribution in [0.2, 0.25) is 0 Å². The maximum absolute atomic E-state index is 11.9. The molecule has 22 heavy (non-hydrogen) atoms. The van der Waals surface area contributed by atoms with Gasteiger partial charge >= 0.3 is 5.91 Å². The van der Waals surface area contributed by atoms with Crippen LogP contribution in [0.3, 0.4) is 0 Å². The Morgan fingerprint density at radius 3 is 2.64 bits per heavy atom. The standard InChI is InChI=1S/C14H14N2O5S/c17-13(10-5-6-22(19,20)8-10)15-16-14(18)12-7-9-3-1-2-4-11(9)21-12/h1-4,7,10H,5-6,8H2,(H,15,17)(H,16,18)/t10-/m0/s1. The van der Waals surface area contributed by atoms with Crippen molar-refractivity contribution in [1.82, 2.24) is 10.9 Å². The molecule has 1 saturated heterocycles. The Balaban J connectivity index is 1.61. The lowest BCUT2D eigenvalue weighted by Crippen LogP contribution is -2.44. The van der Waals surface area contributed by atoms with Crippen LogP contribution < -0.4 is 10.9 Å². The van der Waals surface area contributed by atoms with Gasteiger partial charge in [-0.3, -0.25) is 20.4 Å². The van der Waals surface area contributed by atoms with Crippen LogP contribution in [-0.2, 0) is 14.6 Å². The van der Waals surface area contributed by atoms with E-state index in [0.29, 0.717) is 5.58 Å². The van der Waals surface area contributed by atoms with E-state index in [9.17, 15) is 18.0 Å². The lowest BCUT2D eigenvalue weighted by molar-refractivity contribution is -0.125. The zero-order valence-corrected chi connectivity index (χ0v) is 12.4. The van der Waals surface area contributed by atoms with Crippen LogP contribution in [0.25, 0.3) is 11.0 Å². The molecule has 0 spiro atoms. The van der Waals surface area contributed by atoms with E-state index in [2.05, 4.69) is 10.9 Å². The molecule has 0 aliphatic carbocycles. The molecule has 1 fully saturated rings. The number of rotatable bonds is 2. The average molecular weight is 322 g/mol. The Bertz CT molecular complexity index is 807. The minimum absolute atomic E-state index is 0.00259. The second kappa shape index (κ2) is 5.45. The number of nitrogens with one attached hydrogen (secondary N) is 2. The summed E-state index contributed by atoms with van der Waals surface area (Å²) >= 11 is 0. The summed E-state index contributed by atoms with van der Waals surface area (Å²) in [6.07, 6.45) is 0.272. The number of carbonyl (C=O) groups excluding carboxylic acids is 2. The van der Waals surface area contributed by atoms with Crippen molar-refractivity contribution in [3.05, 3.63) is 36.1 Å². The average Bonchev–Trinajstić information content (AvgIpc) is 3.07. The fraction of sp³-hybridized carbons (Fsp3) is 0.286. The van der Waals surface area contributed by atoms with E-state index in [1.165, 1.54) is 0 Å². The van der Waals surface area contributed by atoms with Gasteiger partial charge in [0.15, 0.2) is 15.6 Å². The number of furan rings is 1. The molecule has 3 rings (SSSR count). The SMILES string of the molecule is O=C(NNC(=O)[C@H]1CCS(=O)(=O)C1)c1cc2ccccc2o1. The fourth-order valence-corrected chi connectivity index (χ4v) is 4.12. The summed E-state index contributed by atoms with van der Waals surface area (Å²) in [6.45, 7) is 0. The number of hydrazine groups is 1. The molecule has 1 aromatic heterocycles. The Hall–Kier alpha value is -2.35. The van der Waals surface area contributed by atoms with E-state index in [-0.39, 0.29) is 23.7 Å². The van der Waals surface area contributed by atoms with Gasteiger partial charge in [-0.2, -0.15) is 0 Å². The minimum atomic E-state index is -3.14. The summed E-state index contributed by atoms with van der Waals surface area (Å²) in [7, 11) is -3.14. The van der Waals surface area contributed by atoms with E-state index in [4.69, 9.17) is 4.42 Å². The van der Waals surface area contributed by atoms with E-state index < -0.39 is 27.6 Å². The van der Waals surface area contributed by atoms with Gasteiger partial charge in [-0.15, -0.1) is 0 Å². The van der Waals surface area contributed by atoms with E-state index in [1.807, 2.05) is 6.07 Å². The van der Waals surface area contributed by atoms with Crippen LogP contribution >= 0.6 is 0 Å². The number of fused-ring (bicyclic) bond motifs is 1. The second-order valence-electron chi connectivity index (χ2n) is 5.19. The van der Waals surface area contributed by atoms with Crippen LogP contribution in [0, 0.1) is 5.92 Å². The summed E-state index contributed by atoms with van der Waals surface area (Å²) in [6, 6.07) is 8.71. The van der Waals surface area contributed by atoms with Gasteiger partial charge in [0.2, 0.25) is 5.91 Å². The van der Waals surface area contributed by atoms with Gasteiger partial charge in [0, 0.05) is 5.39 Å². The molecule has 1 aromatic carbocycles. The van der Waals surface area contributed by atoms with E-state index in [1.54, 1.807) is 24.3 Å². The Kier molecular flexibility index (Phi) is 3.61. The molecule has 0 bridgehead atoms. The molecule has 0 saturated carbocycles. The number of hydrogen-bond acceptors (Lipinski definition) is 5. The molecule has 2 aromatic rings. The van der Waals surface area contributed by atoms with E-state index >= 15 is 0 Å². The molecular formula is C14H14N2O5S. The predicted octanol–water partition coefficient (Wildman–Crippen LogP) is 0.629. The van der Waals surface area contributed by atoms with Crippen LogP contribution in [0.15, 0.2) is 34.7 Å². The van der Waals surface area contributed by atoms with Crippen LogP contribution in [0.1, 0.15) is 17.0 Å². The maximum atomic E-state index is 11.9. The molecule has 7 nitrogen and oxygen atoms in total. The number of carbonyl (C=O) groups is 2. The molecule has 2 heterocycles. The number of benzene rings is 1. The molecule has 1 aliphatic heterocycles. The lowest BCUT2D eigenvalue weighted by Gasteiger charge is -2.09. The van der Waals surface area contributed by atoms with Crippen LogP contribution in [0.4, 0.5) is 0 Å². The number of sulfone groups is 1. The van der Waals surface area contributed by atoms with Crippen molar-refractivity contribution in [2.75, 3.05) is 11.5 Å². The molecule has 0 unspecified atom stereocenters. The first-order valence-corrected chi connectivity index (χ1v) is 8.56. The highest BCUT2D eigenvalue weighted by atomic mass is 32.2. The summed E-state index contributed by atoms with van der Waals surface area (Å²) in [5, 5.41) is 0.779.